The molecule has 0 aliphatic carbocycles. The van der Waals surface area contributed by atoms with Crippen molar-refractivity contribution in [3.05, 3.63) is 71.9 Å². The quantitative estimate of drug-likeness (QED) is 0.677. The van der Waals surface area contributed by atoms with Gasteiger partial charge in [-0.25, -0.2) is 4.98 Å². The molecule has 4 nitrogen and oxygen atoms in total. The van der Waals surface area contributed by atoms with Gasteiger partial charge < -0.3 is 10.2 Å². The molecule has 2 heterocycles. The summed E-state index contributed by atoms with van der Waals surface area (Å²) >= 11 is 0. The fraction of sp³-hybridized carbons (Fsp3) is 0.200. The lowest BCUT2D eigenvalue weighted by atomic mass is 10.1. The lowest BCUT2D eigenvalue weighted by molar-refractivity contribution is -0.137. The molecule has 138 valence electrons. The van der Waals surface area contributed by atoms with Gasteiger partial charge in [-0.3, -0.25) is 0 Å². The number of anilines is 4. The molecule has 1 N–H and O–H groups in total. The van der Waals surface area contributed by atoms with E-state index in [2.05, 4.69) is 33.2 Å². The van der Waals surface area contributed by atoms with Crippen molar-refractivity contribution in [1.82, 2.24) is 9.97 Å². The van der Waals surface area contributed by atoms with E-state index in [4.69, 9.17) is 0 Å². The van der Waals surface area contributed by atoms with Gasteiger partial charge >= 0.3 is 6.18 Å². The monoisotopic (exact) mass is 370 g/mol. The summed E-state index contributed by atoms with van der Waals surface area (Å²) in [5.74, 6) is 1.08. The second-order valence-corrected chi connectivity index (χ2v) is 6.49. The predicted octanol–water partition coefficient (Wildman–Crippen LogP) is 5.32. The maximum Gasteiger partial charge on any atom is 0.416 e. The van der Waals surface area contributed by atoms with Crippen molar-refractivity contribution in [3.63, 3.8) is 0 Å². The van der Waals surface area contributed by atoms with Gasteiger partial charge in [-0.05, 0) is 55.3 Å². The lowest BCUT2D eigenvalue weighted by Gasteiger charge is -2.23. The number of fused-ring (bicyclic) bond motifs is 1. The molecular weight excluding hydrogens is 353 g/mol. The molecule has 2 aromatic carbocycles. The Labute approximate surface area is 154 Å². The first-order valence-electron chi connectivity index (χ1n) is 8.56. The van der Waals surface area contributed by atoms with Gasteiger partial charge in [-0.15, -0.1) is 0 Å². The van der Waals surface area contributed by atoms with Crippen LogP contribution in [0, 0.1) is 0 Å². The zero-order chi connectivity index (χ0) is 19.0. The number of halogens is 3. The summed E-state index contributed by atoms with van der Waals surface area (Å²) in [6, 6.07) is 14.9. The van der Waals surface area contributed by atoms with E-state index < -0.39 is 11.7 Å². The molecule has 1 aliphatic rings. The van der Waals surface area contributed by atoms with Crippen LogP contribution in [-0.4, -0.2) is 16.0 Å². The van der Waals surface area contributed by atoms with Gasteiger partial charge in [0.05, 0.1) is 5.56 Å². The highest BCUT2D eigenvalue weighted by atomic mass is 19.4. The summed E-state index contributed by atoms with van der Waals surface area (Å²) in [4.78, 5) is 11.0. The molecule has 0 radical (unpaired) electrons. The predicted molar refractivity (Wildman–Crippen MR) is 98.5 cm³/mol. The van der Waals surface area contributed by atoms with Crippen molar-refractivity contribution in [1.29, 1.82) is 0 Å². The van der Waals surface area contributed by atoms with Gasteiger partial charge in [0.25, 0.3) is 0 Å². The maximum absolute atomic E-state index is 12.7. The third-order valence-electron chi connectivity index (χ3n) is 4.55. The van der Waals surface area contributed by atoms with E-state index >= 15 is 0 Å². The fourth-order valence-electron chi connectivity index (χ4n) is 3.29. The first kappa shape index (κ1) is 17.3. The summed E-state index contributed by atoms with van der Waals surface area (Å²) in [5.41, 5.74) is 2.17. The fourth-order valence-corrected chi connectivity index (χ4v) is 3.29. The average Bonchev–Trinajstić information content (AvgIpc) is 2.97. The van der Waals surface area contributed by atoms with Crippen LogP contribution in [0.3, 0.4) is 0 Å². The van der Waals surface area contributed by atoms with Crippen LogP contribution in [0.2, 0.25) is 0 Å². The zero-order valence-corrected chi connectivity index (χ0v) is 14.5. The van der Waals surface area contributed by atoms with Crippen LogP contribution < -0.4 is 10.2 Å². The Morgan fingerprint density at radius 2 is 1.78 bits per heavy atom. The van der Waals surface area contributed by atoms with E-state index in [1.807, 2.05) is 18.2 Å². The Bertz CT molecular complexity index is 954. The van der Waals surface area contributed by atoms with E-state index in [0.29, 0.717) is 17.5 Å². The number of rotatable bonds is 3. The largest absolute Gasteiger partial charge is 0.416 e. The van der Waals surface area contributed by atoms with Crippen molar-refractivity contribution in [2.45, 2.75) is 25.6 Å². The van der Waals surface area contributed by atoms with Gasteiger partial charge in [0.2, 0.25) is 5.95 Å². The lowest BCUT2D eigenvalue weighted by Crippen LogP contribution is -2.25. The summed E-state index contributed by atoms with van der Waals surface area (Å²) in [6.45, 7) is 2.11. The van der Waals surface area contributed by atoms with Crippen LogP contribution in [0.5, 0.6) is 0 Å². The number of nitrogens with one attached hydrogen (secondary N) is 1. The Kier molecular flexibility index (Phi) is 4.22. The van der Waals surface area contributed by atoms with E-state index in [1.54, 1.807) is 12.3 Å². The standard InChI is InChI=1S/C20H17F3N4/c1-13-12-14-4-2-3-5-17(14)27(13)19-24-11-10-18(26-19)25-16-8-6-15(7-9-16)20(21,22)23/h2-11,13H,12H2,1H3,(H,24,25,26). The van der Waals surface area contributed by atoms with E-state index in [9.17, 15) is 13.2 Å². The van der Waals surface area contributed by atoms with Crippen LogP contribution >= 0.6 is 0 Å². The molecule has 1 unspecified atom stereocenters. The summed E-state index contributed by atoms with van der Waals surface area (Å²) in [7, 11) is 0. The molecule has 4 rings (SSSR count). The van der Waals surface area contributed by atoms with Crippen LogP contribution in [0.1, 0.15) is 18.1 Å². The third kappa shape index (κ3) is 3.45. The molecule has 7 heteroatoms. The van der Waals surface area contributed by atoms with E-state index in [-0.39, 0.29) is 6.04 Å². The van der Waals surface area contributed by atoms with Crippen molar-refractivity contribution < 1.29 is 13.2 Å². The number of para-hydroxylation sites is 1. The summed E-state index contributed by atoms with van der Waals surface area (Å²) in [6.07, 6.45) is -1.79. The maximum atomic E-state index is 12.7. The van der Waals surface area contributed by atoms with E-state index in [1.165, 1.54) is 17.7 Å². The van der Waals surface area contributed by atoms with Gasteiger partial charge in [0.1, 0.15) is 5.82 Å². The number of alkyl halides is 3. The Hall–Kier alpha value is -3.09. The van der Waals surface area contributed by atoms with Gasteiger partial charge in [0.15, 0.2) is 0 Å². The number of benzene rings is 2. The van der Waals surface area contributed by atoms with Crippen LogP contribution in [0.4, 0.5) is 36.3 Å². The third-order valence-corrected chi connectivity index (χ3v) is 4.55. The Morgan fingerprint density at radius 1 is 1.04 bits per heavy atom. The highest BCUT2D eigenvalue weighted by Gasteiger charge is 2.30. The van der Waals surface area contributed by atoms with Crippen molar-refractivity contribution in [2.24, 2.45) is 0 Å². The molecule has 0 fully saturated rings. The normalized spacial score (nSPS) is 16.3. The number of hydrogen-bond donors (Lipinski definition) is 1. The van der Waals surface area contributed by atoms with Gasteiger partial charge in [-0.2, -0.15) is 18.2 Å². The van der Waals surface area contributed by atoms with Crippen molar-refractivity contribution >= 4 is 23.1 Å². The molecule has 27 heavy (non-hydrogen) atoms. The second kappa shape index (κ2) is 6.57. The minimum absolute atomic E-state index is 0.226. The first-order chi connectivity index (χ1) is 12.9. The smallest absolute Gasteiger partial charge is 0.340 e. The second-order valence-electron chi connectivity index (χ2n) is 6.49. The Balaban J connectivity index is 1.58. The van der Waals surface area contributed by atoms with Crippen LogP contribution in [0.15, 0.2) is 60.8 Å². The number of hydrogen-bond acceptors (Lipinski definition) is 4. The molecule has 3 aromatic rings. The van der Waals surface area contributed by atoms with E-state index in [0.717, 1.165) is 24.2 Å². The summed E-state index contributed by atoms with van der Waals surface area (Å²) in [5, 5.41) is 3.04. The molecule has 1 aromatic heterocycles. The number of aromatic nitrogens is 2. The van der Waals surface area contributed by atoms with Crippen molar-refractivity contribution in [2.75, 3.05) is 10.2 Å². The summed E-state index contributed by atoms with van der Waals surface area (Å²) < 4.78 is 38.1. The molecule has 1 aliphatic heterocycles. The molecule has 0 saturated heterocycles. The van der Waals surface area contributed by atoms with Gasteiger partial charge in [-0.1, -0.05) is 18.2 Å². The molecule has 0 amide bonds. The minimum atomic E-state index is -4.35. The van der Waals surface area contributed by atoms with Crippen molar-refractivity contribution in [3.8, 4) is 0 Å². The number of nitrogens with zero attached hydrogens (tertiary/aromatic N) is 3. The molecule has 1 atom stereocenters. The Morgan fingerprint density at radius 3 is 2.52 bits per heavy atom. The molecular formula is C20H17F3N4. The topological polar surface area (TPSA) is 41.1 Å². The molecule has 0 saturated carbocycles. The molecule has 0 spiro atoms. The zero-order valence-electron chi connectivity index (χ0n) is 14.5. The van der Waals surface area contributed by atoms with Crippen LogP contribution in [-0.2, 0) is 12.6 Å². The minimum Gasteiger partial charge on any atom is -0.340 e. The first-order valence-corrected chi connectivity index (χ1v) is 8.56. The average molecular weight is 370 g/mol. The highest BCUT2D eigenvalue weighted by Crippen LogP contribution is 2.36. The molecule has 0 bridgehead atoms. The van der Waals surface area contributed by atoms with Crippen LogP contribution in [0.25, 0.3) is 0 Å². The highest BCUT2D eigenvalue weighted by molar-refractivity contribution is 5.68. The SMILES string of the molecule is CC1Cc2ccccc2N1c1nccc(Nc2ccc(C(F)(F)F)cc2)n1. The van der Waals surface area contributed by atoms with Gasteiger partial charge in [0, 0.05) is 23.6 Å².